The van der Waals surface area contributed by atoms with Crippen molar-refractivity contribution >= 4 is 11.9 Å². The number of aromatic nitrogens is 3. The van der Waals surface area contributed by atoms with E-state index in [1.807, 2.05) is 0 Å². The molecule has 0 aliphatic carbocycles. The van der Waals surface area contributed by atoms with Crippen LogP contribution in [0, 0.1) is 10.1 Å². The molecule has 2 heterocycles. The van der Waals surface area contributed by atoms with Crippen molar-refractivity contribution < 1.29 is 9.72 Å². The third-order valence-corrected chi connectivity index (χ3v) is 2.45. The molecular formula is C8H12N6O3. The average Bonchev–Trinajstić information content (AvgIpc) is 2.79. The van der Waals surface area contributed by atoms with Gasteiger partial charge in [0, 0.05) is 31.3 Å². The van der Waals surface area contributed by atoms with Gasteiger partial charge in [-0.1, -0.05) is 4.98 Å². The molecule has 1 saturated heterocycles. The molecule has 1 aliphatic heterocycles. The van der Waals surface area contributed by atoms with Crippen molar-refractivity contribution in [3.8, 4) is 0 Å². The van der Waals surface area contributed by atoms with Crippen LogP contribution in [-0.4, -0.2) is 56.7 Å². The fraction of sp³-hybridized carbons (Fsp3) is 0.625. The van der Waals surface area contributed by atoms with E-state index in [1.165, 1.54) is 11.0 Å². The van der Waals surface area contributed by atoms with E-state index in [1.54, 1.807) is 4.90 Å². The first-order chi connectivity index (χ1) is 8.16. The van der Waals surface area contributed by atoms with E-state index < -0.39 is 10.9 Å². The summed E-state index contributed by atoms with van der Waals surface area (Å²) in [6.45, 7) is 2.82. The fourth-order valence-electron chi connectivity index (χ4n) is 1.60. The van der Waals surface area contributed by atoms with Gasteiger partial charge < -0.3 is 20.3 Å². The first-order valence-corrected chi connectivity index (χ1v) is 5.19. The van der Waals surface area contributed by atoms with Gasteiger partial charge in [-0.2, -0.15) is 4.68 Å². The largest absolute Gasteiger partial charge is 0.490 e. The molecule has 0 radical (unpaired) electrons. The quantitative estimate of drug-likeness (QED) is 0.515. The van der Waals surface area contributed by atoms with Crippen molar-refractivity contribution in [3.63, 3.8) is 0 Å². The third-order valence-electron chi connectivity index (χ3n) is 2.45. The van der Waals surface area contributed by atoms with E-state index in [2.05, 4.69) is 15.4 Å². The number of hydrogen-bond donors (Lipinski definition) is 1. The lowest BCUT2D eigenvalue weighted by molar-refractivity contribution is -0.394. The van der Waals surface area contributed by atoms with Crippen molar-refractivity contribution in [1.29, 1.82) is 0 Å². The number of piperazine rings is 1. The highest BCUT2D eigenvalue weighted by Crippen LogP contribution is 2.01. The van der Waals surface area contributed by atoms with E-state index in [-0.39, 0.29) is 12.5 Å². The van der Waals surface area contributed by atoms with Crippen LogP contribution in [0.3, 0.4) is 0 Å². The number of carbonyl (C=O) groups is 1. The molecule has 9 heteroatoms. The van der Waals surface area contributed by atoms with Gasteiger partial charge >= 0.3 is 5.95 Å². The zero-order chi connectivity index (χ0) is 12.3. The summed E-state index contributed by atoms with van der Waals surface area (Å²) in [5, 5.41) is 17.1. The monoisotopic (exact) mass is 240 g/mol. The number of rotatable bonds is 3. The Bertz CT molecular complexity index is 425. The van der Waals surface area contributed by atoms with E-state index in [9.17, 15) is 14.9 Å². The lowest BCUT2D eigenvalue weighted by atomic mass is 10.3. The number of amides is 1. The summed E-state index contributed by atoms with van der Waals surface area (Å²) in [7, 11) is 0. The minimum absolute atomic E-state index is 0.0131. The Balaban J connectivity index is 1.94. The van der Waals surface area contributed by atoms with Gasteiger partial charge in [0.15, 0.2) is 0 Å². The Morgan fingerprint density at radius 2 is 2.24 bits per heavy atom. The van der Waals surface area contributed by atoms with E-state index in [0.717, 1.165) is 13.1 Å². The highest BCUT2D eigenvalue weighted by Gasteiger charge is 2.20. The number of nitrogens with zero attached hydrogens (tertiary/aromatic N) is 5. The standard InChI is InChI=1S/C8H12N6O3/c15-7(12-3-1-9-2-4-12)5-13-6-10-8(11-13)14(16)17/h6,9H,1-5H2. The zero-order valence-electron chi connectivity index (χ0n) is 9.07. The third kappa shape index (κ3) is 2.75. The van der Waals surface area contributed by atoms with Gasteiger partial charge in [0.1, 0.15) is 6.54 Å². The van der Waals surface area contributed by atoms with Crippen LogP contribution in [0.1, 0.15) is 0 Å². The predicted octanol–water partition coefficient (Wildman–Crippen LogP) is -1.38. The Kier molecular flexibility index (Phi) is 3.28. The smallest absolute Gasteiger partial charge is 0.390 e. The second kappa shape index (κ2) is 4.87. The minimum atomic E-state index is -0.689. The topological polar surface area (TPSA) is 106 Å². The Labute approximate surface area is 96.6 Å². The van der Waals surface area contributed by atoms with Gasteiger partial charge in [0.2, 0.25) is 12.2 Å². The molecule has 0 spiro atoms. The number of hydrogen-bond acceptors (Lipinski definition) is 6. The van der Waals surface area contributed by atoms with Crippen LogP contribution in [-0.2, 0) is 11.3 Å². The van der Waals surface area contributed by atoms with Gasteiger partial charge in [0.05, 0.1) is 0 Å². The molecule has 1 N–H and O–H groups in total. The summed E-state index contributed by atoms with van der Waals surface area (Å²) in [4.78, 5) is 26.6. The fourth-order valence-corrected chi connectivity index (χ4v) is 1.60. The second-order valence-electron chi connectivity index (χ2n) is 3.63. The van der Waals surface area contributed by atoms with Crippen LogP contribution in [0.25, 0.3) is 0 Å². The van der Waals surface area contributed by atoms with E-state index in [4.69, 9.17) is 0 Å². The molecular weight excluding hydrogens is 228 g/mol. The molecule has 0 atom stereocenters. The Hall–Kier alpha value is -2.03. The Morgan fingerprint density at radius 3 is 2.82 bits per heavy atom. The summed E-state index contributed by atoms with van der Waals surface area (Å²) in [6, 6.07) is 0. The second-order valence-corrected chi connectivity index (χ2v) is 3.63. The van der Waals surface area contributed by atoms with Crippen molar-refractivity contribution in [1.82, 2.24) is 25.0 Å². The van der Waals surface area contributed by atoms with E-state index in [0.29, 0.717) is 13.1 Å². The SMILES string of the molecule is O=C(Cn1cnc([N+](=O)[O-])n1)N1CCNCC1. The molecule has 9 nitrogen and oxygen atoms in total. The van der Waals surface area contributed by atoms with Gasteiger partial charge in [0.25, 0.3) is 0 Å². The molecule has 1 amide bonds. The molecule has 1 aromatic rings. The van der Waals surface area contributed by atoms with Crippen molar-refractivity contribution in [3.05, 3.63) is 16.4 Å². The molecule has 1 aromatic heterocycles. The normalized spacial score (nSPS) is 15.9. The highest BCUT2D eigenvalue weighted by molar-refractivity contribution is 5.76. The summed E-state index contributed by atoms with van der Waals surface area (Å²) in [5.74, 6) is -0.593. The van der Waals surface area contributed by atoms with Crippen LogP contribution in [0.5, 0.6) is 0 Å². The van der Waals surface area contributed by atoms with Gasteiger partial charge in [-0.05, 0) is 4.92 Å². The van der Waals surface area contributed by atoms with Gasteiger partial charge in [-0.3, -0.25) is 4.79 Å². The van der Waals surface area contributed by atoms with Crippen LogP contribution >= 0.6 is 0 Å². The summed E-state index contributed by atoms with van der Waals surface area (Å²) >= 11 is 0. The maximum Gasteiger partial charge on any atom is 0.490 e. The molecule has 0 bridgehead atoms. The molecule has 1 aliphatic rings. The number of nitro groups is 1. The maximum absolute atomic E-state index is 11.8. The van der Waals surface area contributed by atoms with Crippen LogP contribution < -0.4 is 5.32 Å². The molecule has 0 aromatic carbocycles. The van der Waals surface area contributed by atoms with Crippen molar-refractivity contribution in [2.24, 2.45) is 0 Å². The average molecular weight is 240 g/mol. The van der Waals surface area contributed by atoms with Gasteiger partial charge in [-0.25, -0.2) is 0 Å². The summed E-state index contributed by atoms with van der Waals surface area (Å²) in [6.07, 6.45) is 1.19. The lowest BCUT2D eigenvalue weighted by Gasteiger charge is -2.26. The number of carbonyl (C=O) groups excluding carboxylic acids is 1. The number of nitrogens with one attached hydrogen (secondary N) is 1. The van der Waals surface area contributed by atoms with Crippen LogP contribution in [0.15, 0.2) is 6.33 Å². The molecule has 1 fully saturated rings. The summed E-state index contributed by atoms with van der Waals surface area (Å²) < 4.78 is 1.18. The van der Waals surface area contributed by atoms with Crippen LogP contribution in [0.4, 0.5) is 5.95 Å². The zero-order valence-corrected chi connectivity index (χ0v) is 9.07. The van der Waals surface area contributed by atoms with Crippen LogP contribution in [0.2, 0.25) is 0 Å². The lowest BCUT2D eigenvalue weighted by Crippen LogP contribution is -2.47. The van der Waals surface area contributed by atoms with Crippen molar-refractivity contribution in [2.45, 2.75) is 6.54 Å². The van der Waals surface area contributed by atoms with Gasteiger partial charge in [-0.15, -0.1) is 0 Å². The molecule has 92 valence electrons. The Morgan fingerprint density at radius 1 is 1.53 bits per heavy atom. The first kappa shape index (κ1) is 11.5. The molecule has 0 saturated carbocycles. The maximum atomic E-state index is 11.8. The minimum Gasteiger partial charge on any atom is -0.390 e. The molecule has 17 heavy (non-hydrogen) atoms. The van der Waals surface area contributed by atoms with E-state index >= 15 is 0 Å². The van der Waals surface area contributed by atoms with Crippen molar-refractivity contribution in [2.75, 3.05) is 26.2 Å². The molecule has 0 unspecified atom stereocenters. The molecule has 2 rings (SSSR count). The highest BCUT2D eigenvalue weighted by atomic mass is 16.6. The summed E-state index contributed by atoms with van der Waals surface area (Å²) in [5.41, 5.74) is 0. The first-order valence-electron chi connectivity index (χ1n) is 5.19. The predicted molar refractivity (Wildman–Crippen MR) is 56.1 cm³/mol.